The minimum absolute atomic E-state index is 0.147. The van der Waals surface area contributed by atoms with Crippen LogP contribution in [0.4, 0.5) is 4.79 Å². The maximum absolute atomic E-state index is 12.3. The Morgan fingerprint density at radius 3 is 2.50 bits per heavy atom. The first kappa shape index (κ1) is 17.6. The van der Waals surface area contributed by atoms with Crippen LogP contribution < -0.4 is 10.1 Å². The molecule has 2 heterocycles. The van der Waals surface area contributed by atoms with Gasteiger partial charge in [0.15, 0.2) is 5.76 Å². The molecule has 7 heteroatoms. The number of furan rings is 1. The van der Waals surface area contributed by atoms with Gasteiger partial charge in [-0.25, -0.2) is 4.79 Å². The molecule has 3 rings (SSSR count). The van der Waals surface area contributed by atoms with Crippen molar-refractivity contribution in [2.45, 2.75) is 0 Å². The second-order valence-corrected chi connectivity index (χ2v) is 5.78. The molecule has 1 aliphatic heterocycles. The molecule has 0 saturated carbocycles. The Kier molecular flexibility index (Phi) is 5.58. The maximum Gasteiger partial charge on any atom is 0.321 e. The molecule has 0 bridgehead atoms. The molecule has 0 radical (unpaired) electrons. The van der Waals surface area contributed by atoms with Crippen LogP contribution >= 0.6 is 0 Å². The van der Waals surface area contributed by atoms with Gasteiger partial charge in [0.2, 0.25) is 0 Å². The van der Waals surface area contributed by atoms with Crippen molar-refractivity contribution in [2.75, 3.05) is 33.3 Å². The largest absolute Gasteiger partial charge is 0.496 e. The third kappa shape index (κ3) is 4.05. The van der Waals surface area contributed by atoms with Crippen LogP contribution in [0.2, 0.25) is 0 Å². The number of methoxy groups -OCH3 is 1. The van der Waals surface area contributed by atoms with Crippen molar-refractivity contribution in [2.24, 2.45) is 0 Å². The molecule has 0 atom stereocenters. The minimum atomic E-state index is -0.193. The van der Waals surface area contributed by atoms with Gasteiger partial charge in [0.25, 0.3) is 5.91 Å². The van der Waals surface area contributed by atoms with Gasteiger partial charge >= 0.3 is 6.03 Å². The van der Waals surface area contributed by atoms with Gasteiger partial charge in [0.1, 0.15) is 5.75 Å². The van der Waals surface area contributed by atoms with E-state index in [1.165, 1.54) is 6.26 Å². The van der Waals surface area contributed by atoms with E-state index in [-0.39, 0.29) is 11.9 Å². The Morgan fingerprint density at radius 2 is 1.81 bits per heavy atom. The Bertz CT molecular complexity index is 778. The lowest BCUT2D eigenvalue weighted by Gasteiger charge is -2.34. The number of nitrogens with one attached hydrogen (secondary N) is 1. The molecule has 1 aliphatic rings. The highest BCUT2D eigenvalue weighted by Crippen LogP contribution is 2.18. The Labute approximate surface area is 151 Å². The van der Waals surface area contributed by atoms with Gasteiger partial charge in [-0.05, 0) is 24.3 Å². The Hall–Kier alpha value is -3.22. The lowest BCUT2D eigenvalue weighted by Crippen LogP contribution is -2.52. The van der Waals surface area contributed by atoms with Crippen molar-refractivity contribution in [3.05, 3.63) is 60.2 Å². The molecule has 7 nitrogen and oxygen atoms in total. The highest BCUT2D eigenvalue weighted by atomic mass is 16.5. The number of rotatable bonds is 4. The average Bonchev–Trinajstić information content (AvgIpc) is 3.22. The second kappa shape index (κ2) is 8.24. The molecule has 2 aromatic rings. The van der Waals surface area contributed by atoms with Crippen molar-refractivity contribution < 1.29 is 18.7 Å². The third-order valence-corrected chi connectivity index (χ3v) is 4.19. The van der Waals surface area contributed by atoms with Gasteiger partial charge in [-0.1, -0.05) is 18.2 Å². The number of para-hydroxylation sites is 1. The Balaban J connectivity index is 1.49. The molecule has 0 unspecified atom stereocenters. The molecule has 136 valence electrons. The maximum atomic E-state index is 12.3. The topological polar surface area (TPSA) is 75.0 Å². The standard InChI is InChI=1S/C19H21N3O4/c1-25-16-6-3-2-5-15(16)8-9-20-19(24)22-12-10-21(11-13-22)18(23)17-7-4-14-26-17/h2-9,14H,10-13H2,1H3,(H,20,24)/b9-8+. The van der Waals surface area contributed by atoms with Gasteiger partial charge < -0.3 is 24.3 Å². The average molecular weight is 355 g/mol. The second-order valence-electron chi connectivity index (χ2n) is 5.78. The number of piperazine rings is 1. The lowest BCUT2D eigenvalue weighted by atomic mass is 10.2. The fraction of sp³-hybridized carbons (Fsp3) is 0.263. The summed E-state index contributed by atoms with van der Waals surface area (Å²) in [6.07, 6.45) is 4.86. The number of carbonyl (C=O) groups excluding carboxylic acids is 2. The van der Waals surface area contributed by atoms with Gasteiger partial charge in [-0.2, -0.15) is 0 Å². The van der Waals surface area contributed by atoms with Crippen LogP contribution in [0.5, 0.6) is 5.75 Å². The van der Waals surface area contributed by atoms with Crippen molar-refractivity contribution >= 4 is 18.0 Å². The molecule has 1 fully saturated rings. The van der Waals surface area contributed by atoms with Crippen LogP contribution in [-0.2, 0) is 0 Å². The number of urea groups is 1. The number of amides is 3. The van der Waals surface area contributed by atoms with Crippen LogP contribution in [0.3, 0.4) is 0 Å². The van der Waals surface area contributed by atoms with E-state index in [0.717, 1.165) is 11.3 Å². The quantitative estimate of drug-likeness (QED) is 0.914. The van der Waals surface area contributed by atoms with E-state index < -0.39 is 0 Å². The van der Waals surface area contributed by atoms with Crippen molar-refractivity contribution in [3.63, 3.8) is 0 Å². The van der Waals surface area contributed by atoms with E-state index in [1.807, 2.05) is 24.3 Å². The fourth-order valence-electron chi connectivity index (χ4n) is 2.77. The smallest absolute Gasteiger partial charge is 0.321 e. The summed E-state index contributed by atoms with van der Waals surface area (Å²) in [4.78, 5) is 27.8. The summed E-state index contributed by atoms with van der Waals surface area (Å²) in [7, 11) is 1.61. The first-order chi connectivity index (χ1) is 12.7. The van der Waals surface area contributed by atoms with Crippen LogP contribution in [0, 0.1) is 0 Å². The van der Waals surface area contributed by atoms with Crippen molar-refractivity contribution in [3.8, 4) is 5.75 Å². The third-order valence-electron chi connectivity index (χ3n) is 4.19. The van der Waals surface area contributed by atoms with Crippen LogP contribution in [0.1, 0.15) is 16.1 Å². The summed E-state index contributed by atoms with van der Waals surface area (Å²) < 4.78 is 10.4. The number of benzene rings is 1. The lowest BCUT2D eigenvalue weighted by molar-refractivity contribution is 0.0636. The molecule has 1 aromatic carbocycles. The van der Waals surface area contributed by atoms with Gasteiger partial charge in [-0.15, -0.1) is 0 Å². The zero-order valence-electron chi connectivity index (χ0n) is 14.6. The molecular formula is C19H21N3O4. The number of ether oxygens (including phenoxy) is 1. The van der Waals surface area contributed by atoms with Crippen LogP contribution in [0.15, 0.2) is 53.3 Å². The molecule has 1 aromatic heterocycles. The minimum Gasteiger partial charge on any atom is -0.496 e. The van der Waals surface area contributed by atoms with E-state index in [1.54, 1.807) is 41.3 Å². The zero-order chi connectivity index (χ0) is 18.4. The molecule has 26 heavy (non-hydrogen) atoms. The monoisotopic (exact) mass is 355 g/mol. The van der Waals surface area contributed by atoms with E-state index in [2.05, 4.69) is 5.32 Å². The molecule has 3 amide bonds. The summed E-state index contributed by atoms with van der Waals surface area (Å²) in [5.74, 6) is 0.914. The van der Waals surface area contributed by atoms with Gasteiger partial charge in [0.05, 0.1) is 13.4 Å². The fourth-order valence-corrected chi connectivity index (χ4v) is 2.77. The first-order valence-corrected chi connectivity index (χ1v) is 8.37. The van der Waals surface area contributed by atoms with Crippen molar-refractivity contribution in [1.82, 2.24) is 15.1 Å². The van der Waals surface area contributed by atoms with Crippen LogP contribution in [0.25, 0.3) is 6.08 Å². The number of carbonyl (C=O) groups is 2. The predicted molar refractivity (Wildman–Crippen MR) is 96.7 cm³/mol. The van der Waals surface area contributed by atoms with Crippen molar-refractivity contribution in [1.29, 1.82) is 0 Å². The molecule has 0 aliphatic carbocycles. The van der Waals surface area contributed by atoms with Gasteiger partial charge in [0, 0.05) is 37.9 Å². The zero-order valence-corrected chi connectivity index (χ0v) is 14.6. The van der Waals surface area contributed by atoms with Crippen LogP contribution in [-0.4, -0.2) is 55.0 Å². The normalized spacial score (nSPS) is 14.5. The summed E-state index contributed by atoms with van der Waals surface area (Å²) in [6, 6.07) is 10.7. The highest BCUT2D eigenvalue weighted by molar-refractivity contribution is 5.91. The molecule has 1 saturated heterocycles. The molecule has 0 spiro atoms. The van der Waals surface area contributed by atoms with E-state index in [0.29, 0.717) is 31.9 Å². The summed E-state index contributed by atoms with van der Waals surface area (Å²) >= 11 is 0. The number of nitrogens with zero attached hydrogens (tertiary/aromatic N) is 2. The SMILES string of the molecule is COc1ccccc1/C=C/NC(=O)N1CCN(C(=O)c2ccco2)CC1. The molecule has 1 N–H and O–H groups in total. The predicted octanol–water partition coefficient (Wildman–Crippen LogP) is 2.43. The van der Waals surface area contributed by atoms with Gasteiger partial charge in [-0.3, -0.25) is 4.79 Å². The summed E-state index contributed by atoms with van der Waals surface area (Å²) in [6.45, 7) is 1.90. The van der Waals surface area contributed by atoms with E-state index in [4.69, 9.17) is 9.15 Å². The number of hydrogen-bond acceptors (Lipinski definition) is 4. The van der Waals surface area contributed by atoms with E-state index in [9.17, 15) is 9.59 Å². The number of hydrogen-bond donors (Lipinski definition) is 1. The Morgan fingerprint density at radius 1 is 1.08 bits per heavy atom. The summed E-state index contributed by atoms with van der Waals surface area (Å²) in [5.41, 5.74) is 0.879. The highest BCUT2D eigenvalue weighted by Gasteiger charge is 2.25. The summed E-state index contributed by atoms with van der Waals surface area (Å²) in [5, 5.41) is 2.75. The first-order valence-electron chi connectivity index (χ1n) is 8.37. The molecular weight excluding hydrogens is 334 g/mol. The van der Waals surface area contributed by atoms with E-state index >= 15 is 0 Å².